The van der Waals surface area contributed by atoms with E-state index in [0.29, 0.717) is 17.6 Å². The minimum absolute atomic E-state index is 0.322. The van der Waals surface area contributed by atoms with E-state index in [0.717, 1.165) is 24.6 Å². The number of rotatable bonds is 3. The van der Waals surface area contributed by atoms with E-state index in [1.165, 1.54) is 31.2 Å². The average molecular weight is 287 g/mol. The van der Waals surface area contributed by atoms with Gasteiger partial charge in [0.1, 0.15) is 11.9 Å². The van der Waals surface area contributed by atoms with E-state index < -0.39 is 0 Å². The van der Waals surface area contributed by atoms with Crippen molar-refractivity contribution in [3.63, 3.8) is 0 Å². The highest BCUT2D eigenvalue weighted by Gasteiger charge is 2.30. The number of hydrogen-bond acceptors (Lipinski definition) is 2. The second-order valence-electron chi connectivity index (χ2n) is 7.87. The number of ether oxygens (including phenoxy) is 1. The topological polar surface area (TPSA) is 21.3 Å². The van der Waals surface area contributed by atoms with Crippen LogP contribution in [-0.4, -0.2) is 18.7 Å². The van der Waals surface area contributed by atoms with Crippen LogP contribution in [0.2, 0.25) is 0 Å². The van der Waals surface area contributed by atoms with E-state index in [9.17, 15) is 0 Å². The van der Waals surface area contributed by atoms with Gasteiger partial charge in [-0.1, -0.05) is 39.0 Å². The lowest BCUT2D eigenvalue weighted by atomic mass is 9.71. The Morgan fingerprint density at radius 1 is 1.10 bits per heavy atom. The number of fused-ring (bicyclic) bond motifs is 1. The van der Waals surface area contributed by atoms with Gasteiger partial charge >= 0.3 is 0 Å². The summed E-state index contributed by atoms with van der Waals surface area (Å²) in [5.41, 5.74) is 1.84. The van der Waals surface area contributed by atoms with Crippen molar-refractivity contribution >= 4 is 0 Å². The quantitative estimate of drug-likeness (QED) is 0.900. The third-order valence-corrected chi connectivity index (χ3v) is 5.30. The lowest BCUT2D eigenvalue weighted by Gasteiger charge is -2.37. The summed E-state index contributed by atoms with van der Waals surface area (Å²) >= 11 is 0. The van der Waals surface area contributed by atoms with Gasteiger partial charge in [0.15, 0.2) is 0 Å². The van der Waals surface area contributed by atoms with Crippen molar-refractivity contribution in [1.82, 2.24) is 5.32 Å². The Morgan fingerprint density at radius 2 is 1.81 bits per heavy atom. The minimum Gasteiger partial charge on any atom is -0.488 e. The smallest absolute Gasteiger partial charge is 0.123 e. The first-order chi connectivity index (χ1) is 10.0. The summed E-state index contributed by atoms with van der Waals surface area (Å²) in [7, 11) is 0. The summed E-state index contributed by atoms with van der Waals surface area (Å²) in [5.74, 6) is 1.98. The average Bonchev–Trinajstić information content (AvgIpc) is 2.87. The number of benzene rings is 1. The molecule has 1 N–H and O–H groups in total. The summed E-state index contributed by atoms with van der Waals surface area (Å²) in [6.45, 7) is 8.14. The lowest BCUT2D eigenvalue weighted by molar-refractivity contribution is 0.151. The van der Waals surface area contributed by atoms with Gasteiger partial charge in [-0.15, -0.1) is 0 Å². The summed E-state index contributed by atoms with van der Waals surface area (Å²) in [5, 5.41) is 3.75. The van der Waals surface area contributed by atoms with E-state index >= 15 is 0 Å². The Kier molecular flexibility index (Phi) is 4.26. The van der Waals surface area contributed by atoms with E-state index in [4.69, 9.17) is 4.74 Å². The van der Waals surface area contributed by atoms with Gasteiger partial charge in [0.2, 0.25) is 0 Å². The predicted molar refractivity (Wildman–Crippen MR) is 87.8 cm³/mol. The van der Waals surface area contributed by atoms with E-state index in [-0.39, 0.29) is 0 Å². The zero-order valence-electron chi connectivity index (χ0n) is 13.7. The Hall–Kier alpha value is -1.02. The molecule has 1 aromatic rings. The van der Waals surface area contributed by atoms with Crippen molar-refractivity contribution in [2.75, 3.05) is 6.54 Å². The van der Waals surface area contributed by atoms with Crippen molar-refractivity contribution in [3.05, 3.63) is 29.8 Å². The maximum atomic E-state index is 6.01. The SMILES string of the molecule is CC(C)(C)C1CCC(NCC2Cc3ccccc3O2)CC1. The molecule has 2 aliphatic rings. The monoisotopic (exact) mass is 287 g/mol. The van der Waals surface area contributed by atoms with Gasteiger partial charge in [0, 0.05) is 19.0 Å². The molecular weight excluding hydrogens is 258 g/mol. The molecule has 1 aliphatic heterocycles. The Bertz CT molecular complexity index is 444. The van der Waals surface area contributed by atoms with Crippen LogP contribution in [0.1, 0.15) is 52.0 Å². The molecule has 2 nitrogen and oxygen atoms in total. The van der Waals surface area contributed by atoms with E-state index in [1.54, 1.807) is 0 Å². The molecule has 3 rings (SSSR count). The van der Waals surface area contributed by atoms with Gasteiger partial charge in [0.05, 0.1) is 0 Å². The maximum Gasteiger partial charge on any atom is 0.123 e. The molecule has 1 unspecified atom stereocenters. The highest BCUT2D eigenvalue weighted by Crippen LogP contribution is 2.37. The molecule has 0 spiro atoms. The van der Waals surface area contributed by atoms with Crippen molar-refractivity contribution in [2.45, 2.75) is 65.0 Å². The summed E-state index contributed by atoms with van der Waals surface area (Å²) in [6, 6.07) is 9.12. The van der Waals surface area contributed by atoms with E-state index in [2.05, 4.69) is 50.4 Å². The highest BCUT2D eigenvalue weighted by molar-refractivity contribution is 5.37. The fourth-order valence-electron chi connectivity index (χ4n) is 3.83. The molecule has 1 aromatic carbocycles. The van der Waals surface area contributed by atoms with Crippen LogP contribution in [0.4, 0.5) is 0 Å². The molecule has 1 aliphatic carbocycles. The molecule has 1 saturated carbocycles. The van der Waals surface area contributed by atoms with Gasteiger partial charge in [-0.3, -0.25) is 0 Å². The fraction of sp³-hybridized carbons (Fsp3) is 0.684. The molecule has 2 heteroatoms. The van der Waals surface area contributed by atoms with Crippen molar-refractivity contribution in [2.24, 2.45) is 11.3 Å². The van der Waals surface area contributed by atoms with E-state index in [1.807, 2.05) is 0 Å². The van der Waals surface area contributed by atoms with Crippen LogP contribution in [-0.2, 0) is 6.42 Å². The van der Waals surface area contributed by atoms with Crippen LogP contribution in [0.3, 0.4) is 0 Å². The van der Waals surface area contributed by atoms with Gasteiger partial charge in [-0.25, -0.2) is 0 Å². The summed E-state index contributed by atoms with van der Waals surface area (Å²) in [4.78, 5) is 0. The van der Waals surface area contributed by atoms with Crippen LogP contribution in [0.25, 0.3) is 0 Å². The van der Waals surface area contributed by atoms with Crippen LogP contribution in [0.15, 0.2) is 24.3 Å². The Labute approximate surface area is 129 Å². The fourth-order valence-corrected chi connectivity index (χ4v) is 3.83. The molecular formula is C19H29NO. The molecule has 0 radical (unpaired) electrons. The number of para-hydroxylation sites is 1. The molecule has 0 bridgehead atoms. The third kappa shape index (κ3) is 3.60. The molecule has 1 fully saturated rings. The van der Waals surface area contributed by atoms with Crippen LogP contribution in [0.5, 0.6) is 5.75 Å². The minimum atomic E-state index is 0.322. The molecule has 1 heterocycles. The first-order valence-corrected chi connectivity index (χ1v) is 8.50. The summed E-state index contributed by atoms with van der Waals surface area (Å²) < 4.78 is 6.01. The first-order valence-electron chi connectivity index (χ1n) is 8.50. The number of hydrogen-bond donors (Lipinski definition) is 1. The highest BCUT2D eigenvalue weighted by atomic mass is 16.5. The molecule has 0 aromatic heterocycles. The Balaban J connectivity index is 1.42. The molecule has 116 valence electrons. The second kappa shape index (κ2) is 6.00. The molecule has 0 saturated heterocycles. The second-order valence-corrected chi connectivity index (χ2v) is 7.87. The zero-order valence-corrected chi connectivity index (χ0v) is 13.7. The van der Waals surface area contributed by atoms with Crippen molar-refractivity contribution < 1.29 is 4.74 Å². The van der Waals surface area contributed by atoms with Gasteiger partial charge in [-0.2, -0.15) is 0 Å². The van der Waals surface area contributed by atoms with Gasteiger partial charge in [-0.05, 0) is 48.6 Å². The first kappa shape index (κ1) is 14.9. The lowest BCUT2D eigenvalue weighted by Crippen LogP contribution is -2.40. The largest absolute Gasteiger partial charge is 0.488 e. The van der Waals surface area contributed by atoms with Crippen molar-refractivity contribution in [1.29, 1.82) is 0 Å². The molecule has 0 amide bonds. The van der Waals surface area contributed by atoms with Crippen molar-refractivity contribution in [3.8, 4) is 5.75 Å². The van der Waals surface area contributed by atoms with Crippen LogP contribution in [0, 0.1) is 11.3 Å². The number of nitrogens with one attached hydrogen (secondary N) is 1. The normalized spacial score (nSPS) is 29.0. The summed E-state index contributed by atoms with van der Waals surface area (Å²) in [6.07, 6.45) is 6.76. The standard InChI is InChI=1S/C19H29NO/c1-19(2,3)15-8-10-16(11-9-15)20-13-17-12-14-6-4-5-7-18(14)21-17/h4-7,15-17,20H,8-13H2,1-3H3. The molecule has 1 atom stereocenters. The third-order valence-electron chi connectivity index (χ3n) is 5.30. The predicted octanol–water partition coefficient (Wildman–Crippen LogP) is 4.18. The van der Waals surface area contributed by atoms with Crippen LogP contribution < -0.4 is 10.1 Å². The maximum absolute atomic E-state index is 6.01. The zero-order chi connectivity index (χ0) is 14.9. The van der Waals surface area contributed by atoms with Gasteiger partial charge in [0.25, 0.3) is 0 Å². The van der Waals surface area contributed by atoms with Gasteiger partial charge < -0.3 is 10.1 Å². The molecule has 21 heavy (non-hydrogen) atoms. The van der Waals surface area contributed by atoms with Crippen LogP contribution >= 0.6 is 0 Å². The Morgan fingerprint density at radius 3 is 2.48 bits per heavy atom.